The van der Waals surface area contributed by atoms with Crippen molar-refractivity contribution >= 4 is 16.0 Å². The second kappa shape index (κ2) is 8.34. The fourth-order valence-electron chi connectivity index (χ4n) is 4.26. The van der Waals surface area contributed by atoms with Crippen LogP contribution in [-0.2, 0) is 21.2 Å². The summed E-state index contributed by atoms with van der Waals surface area (Å²) in [7, 11) is -3.95. The number of nitrogens with one attached hydrogen (secondary N) is 1. The predicted molar refractivity (Wildman–Crippen MR) is 107 cm³/mol. The average molecular weight is 471 g/mol. The van der Waals surface area contributed by atoms with Crippen LogP contribution in [0.1, 0.15) is 16.4 Å². The number of alkyl halides is 3. The number of aliphatic carboxylic acids is 1. The molecule has 0 bridgehead atoms. The van der Waals surface area contributed by atoms with Crippen LogP contribution in [0.25, 0.3) is 11.3 Å². The molecule has 1 aromatic carbocycles. The summed E-state index contributed by atoms with van der Waals surface area (Å²) >= 11 is 0. The highest BCUT2D eigenvalue weighted by atomic mass is 32.2. The Labute approximate surface area is 182 Å². The van der Waals surface area contributed by atoms with E-state index in [1.807, 2.05) is 0 Å². The first-order chi connectivity index (χ1) is 15.1. The molecule has 1 aromatic heterocycles. The second-order valence-corrected chi connectivity index (χ2v) is 9.62. The van der Waals surface area contributed by atoms with Crippen molar-refractivity contribution in [3.05, 3.63) is 47.7 Å². The summed E-state index contributed by atoms with van der Waals surface area (Å²) < 4.78 is 69.1. The maximum atomic E-state index is 13.4. The summed E-state index contributed by atoms with van der Waals surface area (Å²) in [6.45, 7) is 1.46. The highest BCUT2D eigenvalue weighted by Gasteiger charge is 2.48. The van der Waals surface area contributed by atoms with Crippen molar-refractivity contribution in [3.8, 4) is 17.0 Å². The van der Waals surface area contributed by atoms with Gasteiger partial charge in [0.15, 0.2) is 0 Å². The van der Waals surface area contributed by atoms with Gasteiger partial charge < -0.3 is 15.2 Å². The molecule has 172 valence electrons. The molecule has 1 aliphatic carbocycles. The van der Waals surface area contributed by atoms with E-state index >= 15 is 0 Å². The lowest BCUT2D eigenvalue weighted by atomic mass is 10.00. The predicted octanol–water partition coefficient (Wildman–Crippen LogP) is 2.18. The van der Waals surface area contributed by atoms with E-state index in [-0.39, 0.29) is 19.5 Å². The third kappa shape index (κ3) is 4.30. The number of hydrogen-bond acceptors (Lipinski definition) is 6. The Hall–Kier alpha value is -2.70. The molecule has 12 heteroatoms. The van der Waals surface area contributed by atoms with Gasteiger partial charge in [-0.3, -0.25) is 9.78 Å². The summed E-state index contributed by atoms with van der Waals surface area (Å²) in [5.74, 6) is -2.90. The van der Waals surface area contributed by atoms with E-state index < -0.39 is 39.3 Å². The van der Waals surface area contributed by atoms with Gasteiger partial charge in [0.1, 0.15) is 11.0 Å². The molecule has 2 unspecified atom stereocenters. The number of benzene rings is 1. The summed E-state index contributed by atoms with van der Waals surface area (Å²) in [5, 5.41) is 11.6. The number of piperazine rings is 1. The Balaban J connectivity index is 1.73. The fraction of sp³-hybridized carbons (Fsp3) is 0.400. The number of carboxylic acid groups (broad SMARTS) is 1. The second-order valence-electron chi connectivity index (χ2n) is 7.56. The number of carbonyl (C=O) groups is 1. The molecular formula is C20H20F3N3O5S. The third-order valence-electron chi connectivity index (χ3n) is 5.63. The van der Waals surface area contributed by atoms with Crippen LogP contribution in [0.3, 0.4) is 0 Å². The standard InChI is InChI=1S/C20H20F3N3O5S/c21-20(22,23)31-12-4-5-17(25-11-12)13-2-1-3-14-15(13)10-16(19(27)28)18(14)32(29,30)26-8-6-24-7-9-26/h1-5,11,16,18,24H,6-10H2,(H,27,28). The van der Waals surface area contributed by atoms with Gasteiger partial charge in [0, 0.05) is 31.7 Å². The third-order valence-corrected chi connectivity index (χ3v) is 7.94. The van der Waals surface area contributed by atoms with Crippen LogP contribution in [0.15, 0.2) is 36.5 Å². The largest absolute Gasteiger partial charge is 0.573 e. The number of rotatable bonds is 5. The number of hydrogen-bond donors (Lipinski definition) is 2. The zero-order valence-corrected chi connectivity index (χ0v) is 17.5. The molecule has 1 aliphatic heterocycles. The Kier molecular flexibility index (Phi) is 5.86. The molecule has 2 atom stereocenters. The van der Waals surface area contributed by atoms with E-state index in [1.165, 1.54) is 10.4 Å². The van der Waals surface area contributed by atoms with Gasteiger partial charge in [-0.15, -0.1) is 13.2 Å². The number of aromatic nitrogens is 1. The monoisotopic (exact) mass is 471 g/mol. The fourth-order valence-corrected chi connectivity index (χ4v) is 6.44. The normalized spacial score (nSPS) is 21.8. The first-order valence-corrected chi connectivity index (χ1v) is 11.3. The van der Waals surface area contributed by atoms with Gasteiger partial charge in [-0.25, -0.2) is 8.42 Å². The van der Waals surface area contributed by atoms with E-state index in [1.54, 1.807) is 18.2 Å². The Morgan fingerprint density at radius 1 is 1.19 bits per heavy atom. The molecule has 1 saturated heterocycles. The lowest BCUT2D eigenvalue weighted by molar-refractivity contribution is -0.274. The summed E-state index contributed by atoms with van der Waals surface area (Å²) in [4.78, 5) is 16.0. The van der Waals surface area contributed by atoms with Gasteiger partial charge in [0.05, 0.1) is 17.8 Å². The minimum absolute atomic E-state index is 0.0285. The number of ether oxygens (including phenoxy) is 1. The molecule has 0 spiro atoms. The molecule has 32 heavy (non-hydrogen) atoms. The molecule has 2 aliphatic rings. The smallest absolute Gasteiger partial charge is 0.481 e. The molecular weight excluding hydrogens is 451 g/mol. The minimum atomic E-state index is -4.85. The number of halogens is 3. The van der Waals surface area contributed by atoms with Gasteiger partial charge in [0.25, 0.3) is 0 Å². The van der Waals surface area contributed by atoms with Crippen molar-refractivity contribution in [3.63, 3.8) is 0 Å². The van der Waals surface area contributed by atoms with Crippen LogP contribution in [0, 0.1) is 5.92 Å². The molecule has 2 N–H and O–H groups in total. The molecule has 2 aromatic rings. The topological polar surface area (TPSA) is 109 Å². The number of sulfonamides is 1. The van der Waals surface area contributed by atoms with Crippen LogP contribution in [-0.4, -0.2) is 61.3 Å². The van der Waals surface area contributed by atoms with Crippen LogP contribution in [0.5, 0.6) is 5.75 Å². The number of nitrogens with zero attached hydrogens (tertiary/aromatic N) is 2. The highest BCUT2D eigenvalue weighted by Crippen LogP contribution is 2.46. The van der Waals surface area contributed by atoms with E-state index in [0.717, 1.165) is 12.3 Å². The number of pyridine rings is 1. The van der Waals surface area contributed by atoms with Crippen LogP contribution in [0.4, 0.5) is 13.2 Å². The molecule has 0 amide bonds. The Morgan fingerprint density at radius 3 is 2.50 bits per heavy atom. The van der Waals surface area contributed by atoms with E-state index in [4.69, 9.17) is 0 Å². The van der Waals surface area contributed by atoms with Crippen LogP contribution in [0.2, 0.25) is 0 Å². The highest BCUT2D eigenvalue weighted by molar-refractivity contribution is 7.89. The van der Waals surface area contributed by atoms with Crippen molar-refractivity contribution in [2.75, 3.05) is 26.2 Å². The Morgan fingerprint density at radius 2 is 1.91 bits per heavy atom. The van der Waals surface area contributed by atoms with E-state index in [9.17, 15) is 31.5 Å². The van der Waals surface area contributed by atoms with E-state index in [0.29, 0.717) is 35.5 Å². The van der Waals surface area contributed by atoms with Gasteiger partial charge in [0.2, 0.25) is 10.0 Å². The Bertz CT molecular complexity index is 1120. The van der Waals surface area contributed by atoms with Gasteiger partial charge in [-0.2, -0.15) is 4.31 Å². The number of fused-ring (bicyclic) bond motifs is 1. The summed E-state index contributed by atoms with van der Waals surface area (Å²) in [6, 6.07) is 7.26. The van der Waals surface area contributed by atoms with Crippen molar-refractivity contribution in [1.29, 1.82) is 0 Å². The van der Waals surface area contributed by atoms with Crippen molar-refractivity contribution in [1.82, 2.24) is 14.6 Å². The van der Waals surface area contributed by atoms with Crippen molar-refractivity contribution < 1.29 is 36.2 Å². The van der Waals surface area contributed by atoms with Gasteiger partial charge in [-0.05, 0) is 29.7 Å². The maximum absolute atomic E-state index is 13.4. The van der Waals surface area contributed by atoms with Crippen LogP contribution >= 0.6 is 0 Å². The lowest BCUT2D eigenvalue weighted by Crippen LogP contribution is -2.48. The lowest BCUT2D eigenvalue weighted by Gasteiger charge is -2.31. The SMILES string of the molecule is O=C(O)C1Cc2c(-c3ccc(OC(F)(F)F)cn3)cccc2C1S(=O)(=O)N1CCNCC1. The van der Waals surface area contributed by atoms with Crippen LogP contribution < -0.4 is 10.1 Å². The zero-order chi connectivity index (χ0) is 23.1. The summed E-state index contributed by atoms with van der Waals surface area (Å²) in [5.41, 5.74) is 1.66. The molecule has 1 fully saturated rings. The molecule has 0 saturated carbocycles. The van der Waals surface area contributed by atoms with E-state index in [2.05, 4.69) is 15.0 Å². The van der Waals surface area contributed by atoms with Gasteiger partial charge in [-0.1, -0.05) is 18.2 Å². The molecule has 0 radical (unpaired) electrons. The quantitative estimate of drug-likeness (QED) is 0.688. The van der Waals surface area contributed by atoms with Crippen molar-refractivity contribution in [2.45, 2.75) is 18.0 Å². The summed E-state index contributed by atoms with van der Waals surface area (Å²) in [6.07, 6.45) is -3.96. The molecule has 2 heterocycles. The average Bonchev–Trinajstić information content (AvgIpc) is 3.15. The van der Waals surface area contributed by atoms with Gasteiger partial charge >= 0.3 is 12.3 Å². The zero-order valence-electron chi connectivity index (χ0n) is 16.7. The maximum Gasteiger partial charge on any atom is 0.573 e. The minimum Gasteiger partial charge on any atom is -0.481 e. The van der Waals surface area contributed by atoms with Crippen molar-refractivity contribution in [2.24, 2.45) is 5.92 Å². The molecule has 4 rings (SSSR count). The number of carboxylic acids is 1. The first kappa shape index (κ1) is 22.5. The molecule has 8 nitrogen and oxygen atoms in total. The first-order valence-electron chi connectivity index (χ1n) is 9.84.